The largest absolute Gasteiger partial charge is 0.349 e. The van der Waals surface area contributed by atoms with Gasteiger partial charge in [-0.2, -0.15) is 0 Å². The Kier molecular flexibility index (Phi) is 5.32. The van der Waals surface area contributed by atoms with Crippen LogP contribution in [-0.2, 0) is 0 Å². The zero-order valence-corrected chi connectivity index (χ0v) is 18.3. The number of fused-ring (bicyclic) bond motifs is 4. The fraction of sp³-hybridized carbons (Fsp3) is 0.720. The molecular formula is C25H35N3O2. The predicted molar refractivity (Wildman–Crippen MR) is 116 cm³/mol. The number of carbonyl (C=O) groups excluding carboxylic acids is 2. The van der Waals surface area contributed by atoms with Crippen molar-refractivity contribution in [2.45, 2.75) is 77.3 Å². The van der Waals surface area contributed by atoms with Crippen molar-refractivity contribution in [2.75, 3.05) is 0 Å². The van der Waals surface area contributed by atoms with Crippen molar-refractivity contribution in [2.24, 2.45) is 35.5 Å². The standard InChI is InChI=1S/C25H35N3O2/c1-14(21-11-16-3-5-18(21)9-16)27-24(29)20-7-8-23(26-13-20)25(30)28-15(2)22-12-17-4-6-19(22)10-17/h7-8,13-19,21-22H,3-6,9-12H2,1-2H3,(H,27,29)(H,28,30)/t14-,15+,16+,17+,18-,19-,21+,22+/m1/s1. The molecule has 8 atom stereocenters. The van der Waals surface area contributed by atoms with Crippen molar-refractivity contribution in [3.8, 4) is 0 Å². The summed E-state index contributed by atoms with van der Waals surface area (Å²) in [6.45, 7) is 4.26. The lowest BCUT2D eigenvalue weighted by Crippen LogP contribution is -2.41. The summed E-state index contributed by atoms with van der Waals surface area (Å²) < 4.78 is 0. The van der Waals surface area contributed by atoms with Gasteiger partial charge in [0.15, 0.2) is 0 Å². The summed E-state index contributed by atoms with van der Waals surface area (Å²) in [7, 11) is 0. The minimum absolute atomic E-state index is 0.0833. The van der Waals surface area contributed by atoms with Crippen LogP contribution < -0.4 is 10.6 Å². The number of carbonyl (C=O) groups is 2. The molecule has 0 saturated heterocycles. The first-order valence-corrected chi connectivity index (χ1v) is 12.1. The summed E-state index contributed by atoms with van der Waals surface area (Å²) >= 11 is 0. The average molecular weight is 410 g/mol. The number of hydrogen-bond donors (Lipinski definition) is 2. The SMILES string of the molecule is C[C@H](NC(=O)c1ccc(C(=O)N[C@H](C)[C@@H]2C[C@H]3CC[C@@H]2C3)cn1)[C@@H]1C[C@H]2CC[C@@H]1C2. The van der Waals surface area contributed by atoms with Crippen LogP contribution in [0.4, 0.5) is 0 Å². The van der Waals surface area contributed by atoms with E-state index in [1.54, 1.807) is 18.3 Å². The van der Waals surface area contributed by atoms with Gasteiger partial charge in [-0.1, -0.05) is 12.8 Å². The minimum atomic E-state index is -0.132. The molecule has 0 unspecified atom stereocenters. The van der Waals surface area contributed by atoms with Gasteiger partial charge in [0.2, 0.25) is 0 Å². The molecule has 2 amide bonds. The first-order chi connectivity index (χ1) is 14.5. The molecule has 4 aliphatic carbocycles. The van der Waals surface area contributed by atoms with Gasteiger partial charge in [0.05, 0.1) is 5.56 Å². The molecule has 2 N–H and O–H groups in total. The lowest BCUT2D eigenvalue weighted by Gasteiger charge is -2.28. The van der Waals surface area contributed by atoms with Crippen LogP contribution in [-0.4, -0.2) is 28.9 Å². The van der Waals surface area contributed by atoms with Gasteiger partial charge >= 0.3 is 0 Å². The van der Waals surface area contributed by atoms with E-state index in [4.69, 9.17) is 0 Å². The molecule has 1 aromatic heterocycles. The van der Waals surface area contributed by atoms with Crippen LogP contribution >= 0.6 is 0 Å². The molecule has 0 radical (unpaired) electrons. The Morgan fingerprint density at radius 2 is 1.40 bits per heavy atom. The van der Waals surface area contributed by atoms with Gasteiger partial charge in [-0.3, -0.25) is 14.6 Å². The van der Waals surface area contributed by atoms with Crippen LogP contribution in [0.5, 0.6) is 0 Å². The molecule has 4 saturated carbocycles. The summed E-state index contributed by atoms with van der Waals surface area (Å²) in [5, 5.41) is 6.33. The molecule has 0 aromatic carbocycles. The molecule has 5 nitrogen and oxygen atoms in total. The minimum Gasteiger partial charge on any atom is -0.349 e. The van der Waals surface area contributed by atoms with Crippen LogP contribution in [0.2, 0.25) is 0 Å². The van der Waals surface area contributed by atoms with E-state index in [9.17, 15) is 9.59 Å². The third kappa shape index (κ3) is 3.76. The number of aromatic nitrogens is 1. The summed E-state index contributed by atoms with van der Waals surface area (Å²) in [4.78, 5) is 29.6. The van der Waals surface area contributed by atoms with E-state index in [2.05, 4.69) is 29.5 Å². The summed E-state index contributed by atoms with van der Waals surface area (Å²) in [6.07, 6.45) is 12.1. The van der Waals surface area contributed by atoms with Crippen molar-refractivity contribution in [1.82, 2.24) is 15.6 Å². The van der Waals surface area contributed by atoms with Crippen LogP contribution in [0, 0.1) is 35.5 Å². The van der Waals surface area contributed by atoms with Crippen LogP contribution in [0.25, 0.3) is 0 Å². The van der Waals surface area contributed by atoms with Gasteiger partial charge in [0.25, 0.3) is 11.8 Å². The monoisotopic (exact) mass is 409 g/mol. The van der Waals surface area contributed by atoms with Crippen LogP contribution in [0.1, 0.15) is 86.1 Å². The number of hydrogen-bond acceptors (Lipinski definition) is 3. The van der Waals surface area contributed by atoms with Crippen molar-refractivity contribution in [3.05, 3.63) is 29.6 Å². The zero-order chi connectivity index (χ0) is 20.8. The first kappa shape index (κ1) is 20.0. The van der Waals surface area contributed by atoms with E-state index < -0.39 is 0 Å². The summed E-state index contributed by atoms with van der Waals surface area (Å²) in [5.74, 6) is 4.31. The summed E-state index contributed by atoms with van der Waals surface area (Å²) in [5.41, 5.74) is 0.922. The lowest BCUT2D eigenvalue weighted by molar-refractivity contribution is 0.0898. The number of nitrogens with one attached hydrogen (secondary N) is 2. The first-order valence-electron chi connectivity index (χ1n) is 12.1. The highest BCUT2D eigenvalue weighted by Gasteiger charge is 2.43. The molecule has 30 heavy (non-hydrogen) atoms. The molecule has 1 aromatic rings. The molecule has 0 spiro atoms. The summed E-state index contributed by atoms with van der Waals surface area (Å²) in [6, 6.07) is 3.78. The second kappa shape index (κ2) is 7.97. The third-order valence-electron chi connectivity index (χ3n) is 8.85. The van der Waals surface area contributed by atoms with E-state index in [1.165, 1.54) is 51.4 Å². The van der Waals surface area contributed by atoms with Gasteiger partial charge in [0, 0.05) is 18.3 Å². The predicted octanol–water partition coefficient (Wildman–Crippen LogP) is 4.19. The Hall–Kier alpha value is -1.91. The van der Waals surface area contributed by atoms with Gasteiger partial charge in [-0.05, 0) is 100 Å². The maximum Gasteiger partial charge on any atom is 0.270 e. The quantitative estimate of drug-likeness (QED) is 0.740. The Morgan fingerprint density at radius 3 is 1.83 bits per heavy atom. The Bertz CT molecular complexity index is 740. The molecule has 4 fully saturated rings. The number of pyridine rings is 1. The second-order valence-corrected chi connectivity index (χ2v) is 10.6. The van der Waals surface area contributed by atoms with Crippen molar-refractivity contribution in [1.29, 1.82) is 0 Å². The van der Waals surface area contributed by atoms with Crippen LogP contribution in [0.15, 0.2) is 18.3 Å². The van der Waals surface area contributed by atoms with Crippen molar-refractivity contribution < 1.29 is 9.59 Å². The Balaban J connectivity index is 1.15. The Labute approximate surface area is 179 Å². The van der Waals surface area contributed by atoms with Crippen molar-refractivity contribution in [3.63, 3.8) is 0 Å². The maximum absolute atomic E-state index is 12.7. The van der Waals surface area contributed by atoms with Crippen molar-refractivity contribution >= 4 is 11.8 Å². The zero-order valence-electron chi connectivity index (χ0n) is 18.3. The highest BCUT2D eigenvalue weighted by Crippen LogP contribution is 2.50. The normalized spacial score (nSPS) is 35.9. The molecule has 1 heterocycles. The van der Waals surface area contributed by atoms with Gasteiger partial charge < -0.3 is 10.6 Å². The fourth-order valence-electron chi connectivity index (χ4n) is 7.26. The van der Waals surface area contributed by atoms with E-state index in [0.29, 0.717) is 23.1 Å². The molecular weight excluding hydrogens is 374 g/mol. The van der Waals surface area contributed by atoms with E-state index in [-0.39, 0.29) is 23.9 Å². The molecule has 5 rings (SSSR count). The van der Waals surface area contributed by atoms with E-state index in [0.717, 1.165) is 23.7 Å². The van der Waals surface area contributed by atoms with E-state index >= 15 is 0 Å². The molecule has 162 valence electrons. The van der Waals surface area contributed by atoms with Crippen LogP contribution in [0.3, 0.4) is 0 Å². The second-order valence-electron chi connectivity index (χ2n) is 10.6. The smallest absolute Gasteiger partial charge is 0.270 e. The van der Waals surface area contributed by atoms with E-state index in [1.807, 2.05) is 0 Å². The Morgan fingerprint density at radius 1 is 0.833 bits per heavy atom. The van der Waals surface area contributed by atoms with Gasteiger partial charge in [-0.25, -0.2) is 0 Å². The number of rotatable bonds is 6. The highest BCUT2D eigenvalue weighted by atomic mass is 16.2. The number of nitrogens with zero attached hydrogens (tertiary/aromatic N) is 1. The maximum atomic E-state index is 12.7. The average Bonchev–Trinajstić information content (AvgIpc) is 3.55. The van der Waals surface area contributed by atoms with Gasteiger partial charge in [-0.15, -0.1) is 0 Å². The topological polar surface area (TPSA) is 71.1 Å². The third-order valence-corrected chi connectivity index (χ3v) is 8.85. The molecule has 0 aliphatic heterocycles. The lowest BCUT2D eigenvalue weighted by atomic mass is 9.84. The van der Waals surface area contributed by atoms with Gasteiger partial charge in [0.1, 0.15) is 5.69 Å². The molecule has 4 bridgehead atoms. The molecule has 5 heteroatoms. The highest BCUT2D eigenvalue weighted by molar-refractivity contribution is 5.96. The fourth-order valence-corrected chi connectivity index (χ4v) is 7.26. The molecule has 4 aliphatic rings. The number of amides is 2.